The van der Waals surface area contributed by atoms with E-state index in [1.54, 1.807) is 12.1 Å². The number of carbonyl (C=O) groups excluding carboxylic acids is 1. The van der Waals surface area contributed by atoms with Crippen LogP contribution >= 0.6 is 0 Å². The zero-order valence-electron chi connectivity index (χ0n) is 17.4. The van der Waals surface area contributed by atoms with Crippen molar-refractivity contribution < 1.29 is 9.18 Å². The van der Waals surface area contributed by atoms with E-state index in [4.69, 9.17) is 0 Å². The molecule has 2 N–H and O–H groups in total. The molecule has 0 saturated heterocycles. The van der Waals surface area contributed by atoms with Gasteiger partial charge in [0.25, 0.3) is 0 Å². The monoisotopic (exact) mass is 417 g/mol. The maximum absolute atomic E-state index is 14.5. The van der Waals surface area contributed by atoms with Crippen molar-refractivity contribution in [1.29, 1.82) is 0 Å². The van der Waals surface area contributed by atoms with Gasteiger partial charge in [-0.2, -0.15) is 0 Å². The molecular weight excluding hydrogens is 393 g/mol. The van der Waals surface area contributed by atoms with Gasteiger partial charge in [-0.25, -0.2) is 4.39 Å². The SMILES string of the molecule is Cc1[nH]c2ccccc2c1CC(=O)Nc1cc(-c2nnc3n2CCCCC3)ccc1F. The van der Waals surface area contributed by atoms with Crippen LogP contribution < -0.4 is 5.32 Å². The summed E-state index contributed by atoms with van der Waals surface area (Å²) in [4.78, 5) is 16.1. The number of halogens is 1. The number of fused-ring (bicyclic) bond motifs is 2. The number of anilines is 1. The summed E-state index contributed by atoms with van der Waals surface area (Å²) in [6.45, 7) is 2.80. The summed E-state index contributed by atoms with van der Waals surface area (Å²) in [6.07, 6.45) is 4.42. The Morgan fingerprint density at radius 3 is 2.94 bits per heavy atom. The third-order valence-corrected chi connectivity index (χ3v) is 5.97. The van der Waals surface area contributed by atoms with Crippen molar-refractivity contribution in [3.8, 4) is 11.4 Å². The van der Waals surface area contributed by atoms with Gasteiger partial charge in [-0.1, -0.05) is 24.6 Å². The molecule has 1 aliphatic heterocycles. The second-order valence-corrected chi connectivity index (χ2v) is 8.10. The number of aromatic amines is 1. The lowest BCUT2D eigenvalue weighted by Gasteiger charge is -2.11. The molecule has 0 aliphatic carbocycles. The third-order valence-electron chi connectivity index (χ3n) is 5.97. The zero-order chi connectivity index (χ0) is 21.4. The maximum Gasteiger partial charge on any atom is 0.228 e. The fourth-order valence-electron chi connectivity index (χ4n) is 4.38. The first-order valence-electron chi connectivity index (χ1n) is 10.7. The number of hydrogen-bond donors (Lipinski definition) is 2. The lowest BCUT2D eigenvalue weighted by molar-refractivity contribution is -0.115. The normalized spacial score (nSPS) is 13.7. The van der Waals surface area contributed by atoms with E-state index in [9.17, 15) is 9.18 Å². The molecule has 0 radical (unpaired) electrons. The molecule has 7 heteroatoms. The van der Waals surface area contributed by atoms with Crippen LogP contribution in [0.1, 0.15) is 36.3 Å². The van der Waals surface area contributed by atoms with E-state index in [0.29, 0.717) is 0 Å². The number of aryl methyl sites for hydroxylation is 2. The van der Waals surface area contributed by atoms with Crippen LogP contribution in [-0.2, 0) is 24.2 Å². The highest BCUT2D eigenvalue weighted by Crippen LogP contribution is 2.27. The smallest absolute Gasteiger partial charge is 0.228 e. The number of aromatic nitrogens is 4. The number of benzene rings is 2. The van der Waals surface area contributed by atoms with Crippen LogP contribution in [0, 0.1) is 12.7 Å². The van der Waals surface area contributed by atoms with E-state index < -0.39 is 5.82 Å². The molecule has 0 fully saturated rings. The molecule has 2 aromatic carbocycles. The highest BCUT2D eigenvalue weighted by Gasteiger charge is 2.18. The lowest BCUT2D eigenvalue weighted by Crippen LogP contribution is -2.16. The van der Waals surface area contributed by atoms with Crippen molar-refractivity contribution in [1.82, 2.24) is 19.7 Å². The summed E-state index contributed by atoms with van der Waals surface area (Å²) in [5.74, 6) is 0.962. The van der Waals surface area contributed by atoms with Crippen molar-refractivity contribution in [2.75, 3.05) is 5.32 Å². The molecule has 0 saturated carbocycles. The molecule has 3 heterocycles. The summed E-state index contributed by atoms with van der Waals surface area (Å²) < 4.78 is 16.6. The summed E-state index contributed by atoms with van der Waals surface area (Å²) in [5.41, 5.74) is 3.76. The van der Waals surface area contributed by atoms with E-state index in [1.807, 2.05) is 31.2 Å². The predicted molar refractivity (Wildman–Crippen MR) is 118 cm³/mol. The minimum atomic E-state index is -0.469. The highest BCUT2D eigenvalue weighted by atomic mass is 19.1. The van der Waals surface area contributed by atoms with Crippen LogP contribution in [-0.4, -0.2) is 25.7 Å². The molecule has 2 aromatic heterocycles. The van der Waals surface area contributed by atoms with Crippen LogP contribution in [0.5, 0.6) is 0 Å². The van der Waals surface area contributed by atoms with Gasteiger partial charge in [-0.3, -0.25) is 4.79 Å². The van der Waals surface area contributed by atoms with Crippen molar-refractivity contribution in [3.05, 3.63) is 65.4 Å². The summed E-state index contributed by atoms with van der Waals surface area (Å²) >= 11 is 0. The average Bonchev–Trinajstić information content (AvgIpc) is 3.21. The molecule has 0 unspecified atom stereocenters. The number of carbonyl (C=O) groups is 1. The summed E-state index contributed by atoms with van der Waals surface area (Å²) in [5, 5.41) is 12.4. The van der Waals surface area contributed by atoms with Gasteiger partial charge in [0.2, 0.25) is 5.91 Å². The molecule has 1 amide bonds. The Balaban J connectivity index is 1.40. The first kappa shape index (κ1) is 19.5. The predicted octanol–water partition coefficient (Wildman–Crippen LogP) is 4.78. The van der Waals surface area contributed by atoms with E-state index >= 15 is 0 Å². The molecule has 1 aliphatic rings. The van der Waals surface area contributed by atoms with E-state index in [-0.39, 0.29) is 18.0 Å². The van der Waals surface area contributed by atoms with E-state index in [1.165, 1.54) is 12.5 Å². The number of amides is 1. The number of hydrogen-bond acceptors (Lipinski definition) is 3. The number of nitrogens with zero attached hydrogens (tertiary/aromatic N) is 3. The molecule has 0 bridgehead atoms. The molecule has 0 spiro atoms. The number of rotatable bonds is 4. The van der Waals surface area contributed by atoms with Crippen molar-refractivity contribution in [3.63, 3.8) is 0 Å². The molecule has 4 aromatic rings. The quantitative estimate of drug-likeness (QED) is 0.502. The minimum absolute atomic E-state index is 0.158. The molecule has 31 heavy (non-hydrogen) atoms. The fourth-order valence-corrected chi connectivity index (χ4v) is 4.38. The Morgan fingerprint density at radius 2 is 2.03 bits per heavy atom. The van der Waals surface area contributed by atoms with Crippen LogP contribution in [0.4, 0.5) is 10.1 Å². The average molecular weight is 417 g/mol. The molecule has 0 atom stereocenters. The Bertz CT molecular complexity index is 1270. The van der Waals surface area contributed by atoms with Crippen molar-refractivity contribution in [2.24, 2.45) is 0 Å². The fraction of sp³-hybridized carbons (Fsp3) is 0.292. The Hall–Kier alpha value is -3.48. The van der Waals surface area contributed by atoms with Crippen LogP contribution in [0.2, 0.25) is 0 Å². The van der Waals surface area contributed by atoms with Gasteiger partial charge < -0.3 is 14.9 Å². The van der Waals surface area contributed by atoms with Crippen LogP contribution in [0.3, 0.4) is 0 Å². The first-order chi connectivity index (χ1) is 15.1. The van der Waals surface area contributed by atoms with Gasteiger partial charge in [0.05, 0.1) is 12.1 Å². The summed E-state index contributed by atoms with van der Waals surface area (Å²) in [6, 6.07) is 12.6. The van der Waals surface area contributed by atoms with Crippen LogP contribution in [0.15, 0.2) is 42.5 Å². The van der Waals surface area contributed by atoms with Gasteiger partial charge in [0.15, 0.2) is 5.82 Å². The van der Waals surface area contributed by atoms with Gasteiger partial charge >= 0.3 is 0 Å². The molecule has 6 nitrogen and oxygen atoms in total. The van der Waals surface area contributed by atoms with Gasteiger partial charge in [-0.15, -0.1) is 10.2 Å². The Labute approximate surface area is 179 Å². The molecule has 158 valence electrons. The maximum atomic E-state index is 14.5. The largest absolute Gasteiger partial charge is 0.358 e. The second kappa shape index (κ2) is 7.98. The van der Waals surface area contributed by atoms with E-state index in [0.717, 1.165) is 65.2 Å². The van der Waals surface area contributed by atoms with Gasteiger partial charge in [0.1, 0.15) is 11.6 Å². The Morgan fingerprint density at radius 1 is 1.16 bits per heavy atom. The van der Waals surface area contributed by atoms with Gasteiger partial charge in [0, 0.05) is 35.1 Å². The third kappa shape index (κ3) is 3.71. The number of para-hydroxylation sites is 1. The Kier molecular flexibility index (Phi) is 5.02. The van der Waals surface area contributed by atoms with Crippen molar-refractivity contribution in [2.45, 2.75) is 45.6 Å². The zero-order valence-corrected chi connectivity index (χ0v) is 17.4. The molecular formula is C24H24FN5O. The second-order valence-electron chi connectivity index (χ2n) is 8.10. The topological polar surface area (TPSA) is 75.6 Å². The van der Waals surface area contributed by atoms with Crippen LogP contribution in [0.25, 0.3) is 22.3 Å². The first-order valence-corrected chi connectivity index (χ1v) is 10.7. The van der Waals surface area contributed by atoms with Crippen molar-refractivity contribution >= 4 is 22.5 Å². The molecule has 5 rings (SSSR count). The minimum Gasteiger partial charge on any atom is -0.358 e. The lowest BCUT2D eigenvalue weighted by atomic mass is 10.1. The summed E-state index contributed by atoms with van der Waals surface area (Å²) in [7, 11) is 0. The number of nitrogens with one attached hydrogen (secondary N) is 2. The highest BCUT2D eigenvalue weighted by molar-refractivity contribution is 5.96. The van der Waals surface area contributed by atoms with Gasteiger partial charge in [-0.05, 0) is 49.6 Å². The standard InChI is InChI=1S/C24H24FN5O/c1-15-18(17-7-4-5-8-20(17)26-15)14-23(31)27-21-13-16(10-11-19(21)25)24-29-28-22-9-3-2-6-12-30(22)24/h4-5,7-8,10-11,13,26H,2-3,6,9,12,14H2,1H3,(H,27,31). The number of H-pyrrole nitrogens is 1. The van der Waals surface area contributed by atoms with E-state index in [2.05, 4.69) is 25.1 Å².